The maximum Gasteiger partial charge on any atom is 0.332 e. The van der Waals surface area contributed by atoms with E-state index in [4.69, 9.17) is 9.47 Å². The Kier molecular flexibility index (Phi) is 6.97. The quantitative estimate of drug-likeness (QED) is 0.577. The highest BCUT2D eigenvalue weighted by atomic mass is 16.5. The van der Waals surface area contributed by atoms with E-state index in [1.54, 1.807) is 31.4 Å². The SMILES string of the molecule is CCCc1cnc2c(c1NC(=O)c1ccc(OCC)c(OCC)c1)c(=O)n(C)c(=O)n2C. The van der Waals surface area contributed by atoms with E-state index in [1.807, 2.05) is 20.8 Å². The van der Waals surface area contributed by atoms with Crippen molar-refractivity contribution >= 4 is 22.6 Å². The van der Waals surface area contributed by atoms with Gasteiger partial charge in [0.05, 0.1) is 18.9 Å². The van der Waals surface area contributed by atoms with Gasteiger partial charge in [-0.15, -0.1) is 0 Å². The molecule has 9 heteroatoms. The molecule has 32 heavy (non-hydrogen) atoms. The molecule has 170 valence electrons. The van der Waals surface area contributed by atoms with Gasteiger partial charge in [-0.25, -0.2) is 9.78 Å². The minimum atomic E-state index is -0.509. The molecule has 0 saturated heterocycles. The number of rotatable bonds is 8. The zero-order valence-corrected chi connectivity index (χ0v) is 19.0. The van der Waals surface area contributed by atoms with Gasteiger partial charge >= 0.3 is 5.69 Å². The van der Waals surface area contributed by atoms with Crippen LogP contribution in [0.3, 0.4) is 0 Å². The summed E-state index contributed by atoms with van der Waals surface area (Å²) in [6, 6.07) is 4.93. The summed E-state index contributed by atoms with van der Waals surface area (Å²) in [5.41, 5.74) is 0.666. The Morgan fingerprint density at radius 3 is 2.38 bits per heavy atom. The molecule has 0 atom stereocenters. The first kappa shape index (κ1) is 23.1. The number of benzene rings is 1. The molecule has 2 heterocycles. The highest BCUT2D eigenvalue weighted by Crippen LogP contribution is 2.30. The molecular formula is C23H28N4O5. The standard InChI is InChI=1S/C23H28N4O5/c1-6-9-15-13-24-20-18(22(29)27(5)23(30)26(20)4)19(15)25-21(28)14-10-11-16(31-7-2)17(12-14)32-8-3/h10-13H,6-9H2,1-5H3,(H,24,25,28). The van der Waals surface area contributed by atoms with Crippen molar-refractivity contribution < 1.29 is 14.3 Å². The lowest BCUT2D eigenvalue weighted by Crippen LogP contribution is -2.38. The first-order valence-corrected chi connectivity index (χ1v) is 10.6. The van der Waals surface area contributed by atoms with Gasteiger partial charge in [0.1, 0.15) is 5.39 Å². The molecule has 0 radical (unpaired) electrons. The van der Waals surface area contributed by atoms with Crippen LogP contribution in [0.5, 0.6) is 11.5 Å². The second kappa shape index (κ2) is 9.67. The average molecular weight is 441 g/mol. The third-order valence-electron chi connectivity index (χ3n) is 5.11. The van der Waals surface area contributed by atoms with Crippen LogP contribution in [-0.4, -0.2) is 33.2 Å². The van der Waals surface area contributed by atoms with Crippen molar-refractivity contribution in [3.8, 4) is 11.5 Å². The number of ether oxygens (including phenoxy) is 2. The molecule has 0 spiro atoms. The average Bonchev–Trinajstić information content (AvgIpc) is 2.78. The highest BCUT2D eigenvalue weighted by molar-refractivity contribution is 6.09. The van der Waals surface area contributed by atoms with Crippen molar-refractivity contribution in [3.63, 3.8) is 0 Å². The van der Waals surface area contributed by atoms with Crippen LogP contribution in [-0.2, 0) is 20.5 Å². The second-order valence-corrected chi connectivity index (χ2v) is 7.29. The topological polar surface area (TPSA) is 104 Å². The van der Waals surface area contributed by atoms with Crippen LogP contribution in [0.4, 0.5) is 5.69 Å². The molecule has 0 bridgehead atoms. The van der Waals surface area contributed by atoms with Gasteiger partial charge in [0.25, 0.3) is 11.5 Å². The molecule has 0 unspecified atom stereocenters. The number of nitrogens with one attached hydrogen (secondary N) is 1. The smallest absolute Gasteiger partial charge is 0.332 e. The van der Waals surface area contributed by atoms with Gasteiger partial charge in [0.2, 0.25) is 0 Å². The summed E-state index contributed by atoms with van der Waals surface area (Å²) in [5, 5.41) is 3.09. The van der Waals surface area contributed by atoms with Crippen molar-refractivity contribution in [2.75, 3.05) is 18.5 Å². The number of carbonyl (C=O) groups excluding carboxylic acids is 1. The van der Waals surface area contributed by atoms with Gasteiger partial charge in [-0.05, 0) is 44.0 Å². The summed E-state index contributed by atoms with van der Waals surface area (Å²) < 4.78 is 13.5. The Hall–Kier alpha value is -3.62. The Morgan fingerprint density at radius 1 is 1.03 bits per heavy atom. The monoisotopic (exact) mass is 440 g/mol. The van der Waals surface area contributed by atoms with E-state index in [0.29, 0.717) is 42.4 Å². The Bertz CT molecular complexity index is 1280. The lowest BCUT2D eigenvalue weighted by Gasteiger charge is -2.16. The zero-order valence-electron chi connectivity index (χ0n) is 19.0. The fraction of sp³-hybridized carbons (Fsp3) is 0.391. The van der Waals surface area contributed by atoms with E-state index in [0.717, 1.165) is 16.6 Å². The molecule has 0 saturated carbocycles. The first-order chi connectivity index (χ1) is 15.3. The van der Waals surface area contributed by atoms with Crippen LogP contribution in [0.2, 0.25) is 0 Å². The minimum absolute atomic E-state index is 0.199. The summed E-state index contributed by atoms with van der Waals surface area (Å²) in [4.78, 5) is 42.8. The molecule has 1 N–H and O–H groups in total. The van der Waals surface area contributed by atoms with E-state index in [1.165, 1.54) is 11.6 Å². The van der Waals surface area contributed by atoms with Crippen LogP contribution >= 0.6 is 0 Å². The number of carbonyl (C=O) groups is 1. The maximum absolute atomic E-state index is 13.2. The fourth-order valence-electron chi connectivity index (χ4n) is 3.55. The number of hydrogen-bond acceptors (Lipinski definition) is 6. The number of fused-ring (bicyclic) bond motifs is 1. The summed E-state index contributed by atoms with van der Waals surface area (Å²) >= 11 is 0. The molecule has 9 nitrogen and oxygen atoms in total. The summed E-state index contributed by atoms with van der Waals surface area (Å²) in [7, 11) is 2.95. The summed E-state index contributed by atoms with van der Waals surface area (Å²) in [6.07, 6.45) is 3.00. The molecule has 3 rings (SSSR count). The molecule has 0 aliphatic carbocycles. The lowest BCUT2D eigenvalue weighted by atomic mass is 10.1. The molecule has 3 aromatic rings. The predicted octanol–water partition coefficient (Wildman–Crippen LogP) is 2.63. The van der Waals surface area contributed by atoms with Crippen molar-refractivity contribution in [3.05, 3.63) is 56.4 Å². The molecule has 0 fully saturated rings. The number of hydrogen-bond donors (Lipinski definition) is 1. The number of aromatic nitrogens is 3. The van der Waals surface area contributed by atoms with Crippen molar-refractivity contribution in [1.29, 1.82) is 0 Å². The Balaban J connectivity index is 2.14. The van der Waals surface area contributed by atoms with E-state index in [2.05, 4.69) is 10.3 Å². The molecular weight excluding hydrogens is 412 g/mol. The molecule has 1 aromatic carbocycles. The van der Waals surface area contributed by atoms with Crippen molar-refractivity contribution in [1.82, 2.24) is 14.1 Å². The molecule has 0 aliphatic rings. The zero-order chi connectivity index (χ0) is 23.4. The van der Waals surface area contributed by atoms with Crippen LogP contribution in [0.25, 0.3) is 11.0 Å². The van der Waals surface area contributed by atoms with Crippen LogP contribution in [0.15, 0.2) is 34.0 Å². The van der Waals surface area contributed by atoms with Crippen molar-refractivity contribution in [2.24, 2.45) is 14.1 Å². The number of aryl methyl sites for hydroxylation is 2. The number of nitrogens with zero attached hydrogens (tertiary/aromatic N) is 3. The number of pyridine rings is 1. The molecule has 0 aliphatic heterocycles. The molecule has 2 aromatic heterocycles. The number of amides is 1. The van der Waals surface area contributed by atoms with E-state index in [9.17, 15) is 14.4 Å². The van der Waals surface area contributed by atoms with Gasteiger partial charge in [0, 0.05) is 25.9 Å². The highest BCUT2D eigenvalue weighted by Gasteiger charge is 2.20. The largest absolute Gasteiger partial charge is 0.490 e. The summed E-state index contributed by atoms with van der Waals surface area (Å²) in [6.45, 7) is 6.61. The van der Waals surface area contributed by atoms with Gasteiger partial charge in [-0.3, -0.25) is 18.7 Å². The lowest BCUT2D eigenvalue weighted by molar-refractivity contribution is 0.102. The van der Waals surface area contributed by atoms with Crippen molar-refractivity contribution in [2.45, 2.75) is 33.6 Å². The Morgan fingerprint density at radius 2 is 1.72 bits per heavy atom. The van der Waals surface area contributed by atoms with Crippen LogP contribution < -0.4 is 26.0 Å². The second-order valence-electron chi connectivity index (χ2n) is 7.29. The van der Waals surface area contributed by atoms with Gasteiger partial charge < -0.3 is 14.8 Å². The third kappa shape index (κ3) is 4.23. The van der Waals surface area contributed by atoms with E-state index < -0.39 is 17.2 Å². The fourth-order valence-corrected chi connectivity index (χ4v) is 3.55. The van der Waals surface area contributed by atoms with Crippen LogP contribution in [0, 0.1) is 0 Å². The van der Waals surface area contributed by atoms with Gasteiger partial charge in [0.15, 0.2) is 17.1 Å². The first-order valence-electron chi connectivity index (χ1n) is 10.6. The number of anilines is 1. The van der Waals surface area contributed by atoms with E-state index in [-0.39, 0.29) is 11.0 Å². The Labute approximate surface area is 185 Å². The van der Waals surface area contributed by atoms with Gasteiger partial charge in [-0.2, -0.15) is 0 Å². The maximum atomic E-state index is 13.2. The normalized spacial score (nSPS) is 10.9. The minimum Gasteiger partial charge on any atom is -0.490 e. The van der Waals surface area contributed by atoms with Gasteiger partial charge in [-0.1, -0.05) is 13.3 Å². The van der Waals surface area contributed by atoms with Crippen LogP contribution in [0.1, 0.15) is 43.1 Å². The third-order valence-corrected chi connectivity index (χ3v) is 5.11. The van der Waals surface area contributed by atoms with E-state index >= 15 is 0 Å². The summed E-state index contributed by atoms with van der Waals surface area (Å²) in [5.74, 6) is 0.610. The molecule has 1 amide bonds. The predicted molar refractivity (Wildman–Crippen MR) is 123 cm³/mol.